The van der Waals surface area contributed by atoms with Gasteiger partial charge in [0.25, 0.3) is 10.2 Å². The van der Waals surface area contributed by atoms with E-state index in [1.165, 1.54) is 0 Å². The Kier molecular flexibility index (Phi) is 50.0. The van der Waals surface area contributed by atoms with E-state index >= 15 is 0 Å². The van der Waals surface area contributed by atoms with Crippen LogP contribution in [0.2, 0.25) is 0 Å². The van der Waals surface area contributed by atoms with Crippen LogP contribution in [0.3, 0.4) is 0 Å². The Morgan fingerprint density at radius 1 is 0.760 bits per heavy atom. The summed E-state index contributed by atoms with van der Waals surface area (Å²) in [5, 5.41) is 34.3. The quantitative estimate of drug-likeness (QED) is 0.268. The number of rotatable bonds is 8. The second-order valence-corrected chi connectivity index (χ2v) is 4.86. The molecule has 0 aromatic rings. The minimum Gasteiger partial charge on any atom is -0.400 e. The predicted octanol–water partition coefficient (Wildman–Crippen LogP) is -0.280. The van der Waals surface area contributed by atoms with E-state index in [1.807, 2.05) is 27.7 Å². The molecule has 0 saturated heterocycles. The average molecular weight is 418 g/mol. The third-order valence-electron chi connectivity index (χ3n) is 1.28. The van der Waals surface area contributed by atoms with Gasteiger partial charge in [0.05, 0.1) is 0 Å². The van der Waals surface area contributed by atoms with E-state index in [0.29, 0.717) is 26.4 Å². The van der Waals surface area contributed by atoms with Gasteiger partial charge in [-0.1, -0.05) is 0 Å². The van der Waals surface area contributed by atoms with Crippen LogP contribution in [-0.2, 0) is 17.7 Å². The van der Waals surface area contributed by atoms with Crippen molar-refractivity contribution in [1.82, 2.24) is 0 Å². The molecule has 0 atom stereocenters. The molecule has 0 unspecified atom stereocenters. The number of aliphatic hydroxyl groups is 1. The van der Waals surface area contributed by atoms with Crippen LogP contribution in [-0.4, -0.2) is 109 Å². The first-order valence-corrected chi connectivity index (χ1v) is 8.01. The van der Waals surface area contributed by atoms with Crippen LogP contribution in [0.1, 0.15) is 27.7 Å². The Bertz CT molecular complexity index is 232. The van der Waals surface area contributed by atoms with Gasteiger partial charge in [0.1, 0.15) is 0 Å². The molecule has 0 rings (SSSR count). The smallest absolute Gasteiger partial charge is 0.400 e. The minimum absolute atomic E-state index is 0. The van der Waals surface area contributed by atoms with Crippen LogP contribution in [0.4, 0.5) is 0 Å². The molecule has 0 fully saturated rings. The van der Waals surface area contributed by atoms with E-state index in [4.69, 9.17) is 53.5 Å². The third-order valence-corrected chi connectivity index (χ3v) is 3.85. The van der Waals surface area contributed by atoms with Crippen molar-refractivity contribution in [2.24, 2.45) is 0 Å². The SMILES string of the molecule is CCO[Si](OCC)(OCC)OCC.CO.O=[N+]([O-])O.O=[N+]([O-])O.[Al+3].[Mg+2]. The van der Waals surface area contributed by atoms with Gasteiger partial charge in [-0.25, -0.2) is 0 Å². The minimum atomic E-state index is -2.80. The molecular weight excluding hydrogens is 391 g/mol. The maximum absolute atomic E-state index is 8.36. The van der Waals surface area contributed by atoms with Gasteiger partial charge < -0.3 is 33.2 Å². The molecule has 0 amide bonds. The Balaban J connectivity index is -0.0000000631. The Morgan fingerprint density at radius 2 is 0.880 bits per heavy atom. The Hall–Kier alpha value is -0.284. The normalized spacial score (nSPS) is 8.40. The molecule has 3 N–H and O–H groups in total. The van der Waals surface area contributed by atoms with Crippen molar-refractivity contribution >= 4 is 49.5 Å². The van der Waals surface area contributed by atoms with Crippen molar-refractivity contribution in [2.45, 2.75) is 27.7 Å². The fourth-order valence-corrected chi connectivity index (χ4v) is 2.87. The first kappa shape index (κ1) is 39.7. The summed E-state index contributed by atoms with van der Waals surface area (Å²) in [6, 6.07) is 0. The van der Waals surface area contributed by atoms with Crippen LogP contribution < -0.4 is 0 Å². The third kappa shape index (κ3) is 45.3. The summed E-state index contributed by atoms with van der Waals surface area (Å²) in [5.41, 5.74) is 0. The molecule has 0 aliphatic heterocycles. The van der Waals surface area contributed by atoms with E-state index < -0.39 is 19.2 Å². The van der Waals surface area contributed by atoms with Gasteiger partial charge in [0, 0.05) is 33.5 Å². The fourth-order valence-electron chi connectivity index (χ4n) is 0.957. The summed E-state index contributed by atoms with van der Waals surface area (Å²) in [5.74, 6) is 0. The van der Waals surface area contributed by atoms with Crippen LogP contribution in [0, 0.1) is 20.2 Å². The summed E-state index contributed by atoms with van der Waals surface area (Å²) in [7, 11) is -1.80. The summed E-state index contributed by atoms with van der Waals surface area (Å²) >= 11 is 0. The molecule has 0 aliphatic rings. The van der Waals surface area contributed by atoms with Crippen LogP contribution in [0.15, 0.2) is 0 Å². The largest absolute Gasteiger partial charge is 3.00 e. The first-order valence-electron chi connectivity index (χ1n) is 6.38. The zero-order valence-electron chi connectivity index (χ0n) is 15.1. The zero-order valence-corrected chi connectivity index (χ0v) is 18.7. The summed E-state index contributed by atoms with van der Waals surface area (Å²) in [6.45, 7) is 9.80. The van der Waals surface area contributed by atoms with Crippen molar-refractivity contribution in [3.05, 3.63) is 20.2 Å². The maximum atomic E-state index is 8.36. The summed E-state index contributed by atoms with van der Waals surface area (Å²) in [4.78, 5) is 16.7. The molecular formula is C9H26AlMgN2O11Si+5. The number of hydrogen-bond acceptors (Lipinski definition) is 9. The fraction of sp³-hybridized carbons (Fsp3) is 1.00. The van der Waals surface area contributed by atoms with Gasteiger partial charge in [-0.05, 0) is 27.7 Å². The summed E-state index contributed by atoms with van der Waals surface area (Å²) in [6.07, 6.45) is 0. The number of nitrogens with zero attached hydrogens (tertiary/aromatic N) is 2. The predicted molar refractivity (Wildman–Crippen MR) is 89.5 cm³/mol. The molecule has 16 heteroatoms. The molecule has 0 bridgehead atoms. The molecule has 142 valence electrons. The van der Waals surface area contributed by atoms with E-state index in [1.54, 1.807) is 0 Å². The molecule has 0 spiro atoms. The second kappa shape index (κ2) is 31.5. The van der Waals surface area contributed by atoms with Crippen LogP contribution >= 0.6 is 0 Å². The van der Waals surface area contributed by atoms with Crippen molar-refractivity contribution in [3.63, 3.8) is 0 Å². The van der Waals surface area contributed by atoms with Crippen molar-refractivity contribution in [1.29, 1.82) is 0 Å². The Labute approximate surface area is 174 Å². The average Bonchev–Trinajstić information content (AvgIpc) is 2.41. The molecule has 0 radical (unpaired) electrons. The van der Waals surface area contributed by atoms with Crippen molar-refractivity contribution in [2.75, 3.05) is 33.5 Å². The van der Waals surface area contributed by atoms with Crippen LogP contribution in [0.25, 0.3) is 0 Å². The maximum Gasteiger partial charge on any atom is 3.00 e. The van der Waals surface area contributed by atoms with Crippen molar-refractivity contribution in [3.8, 4) is 0 Å². The zero-order chi connectivity index (χ0) is 19.3. The Morgan fingerprint density at radius 3 is 0.960 bits per heavy atom. The van der Waals surface area contributed by atoms with Crippen LogP contribution in [0.5, 0.6) is 0 Å². The van der Waals surface area contributed by atoms with Gasteiger partial charge in [-0.2, -0.15) is 0 Å². The van der Waals surface area contributed by atoms with Gasteiger partial charge in [0.15, 0.2) is 0 Å². The first-order chi connectivity index (χ1) is 10.7. The van der Waals surface area contributed by atoms with E-state index in [2.05, 4.69) is 0 Å². The van der Waals surface area contributed by atoms with E-state index in [0.717, 1.165) is 7.11 Å². The van der Waals surface area contributed by atoms with E-state index in [-0.39, 0.29) is 40.4 Å². The molecule has 0 aromatic heterocycles. The van der Waals surface area contributed by atoms with Gasteiger partial charge >= 0.3 is 49.5 Å². The topological polar surface area (TPSA) is 184 Å². The van der Waals surface area contributed by atoms with Gasteiger partial charge in [-0.3, -0.25) is 0 Å². The number of aliphatic hydroxyl groups excluding tert-OH is 1. The molecule has 25 heavy (non-hydrogen) atoms. The van der Waals surface area contributed by atoms with Gasteiger partial charge in [-0.15, -0.1) is 20.2 Å². The molecule has 0 aliphatic carbocycles. The van der Waals surface area contributed by atoms with Crippen molar-refractivity contribution < 1.29 is 43.4 Å². The van der Waals surface area contributed by atoms with E-state index in [9.17, 15) is 0 Å². The number of hydrogen-bond donors (Lipinski definition) is 3. The standard InChI is InChI=1S/C8H20O4Si.CH4O.Al.Mg.2HNO3/c1-5-9-13(10-6-2,11-7-3)12-8-4;1-2;;;2*2-1(3)4/h5-8H2,1-4H3;2H,1H3;;;2*(H,2,3,4)/q;;+3;+2;;. The molecule has 0 aromatic carbocycles. The van der Waals surface area contributed by atoms with Gasteiger partial charge in [0.2, 0.25) is 0 Å². The molecule has 0 heterocycles. The second-order valence-electron chi connectivity index (χ2n) is 2.71. The molecule has 13 nitrogen and oxygen atoms in total. The summed E-state index contributed by atoms with van der Waals surface area (Å²) < 4.78 is 21.7. The monoisotopic (exact) mass is 417 g/mol. The molecule has 0 saturated carbocycles.